The largest absolute Gasteiger partial charge is 0.508 e. The second-order valence-corrected chi connectivity index (χ2v) is 6.80. The van der Waals surface area contributed by atoms with Gasteiger partial charge < -0.3 is 15.0 Å². The highest BCUT2D eigenvalue weighted by molar-refractivity contribution is 5.84. The molecule has 0 amide bonds. The number of phenols is 1. The van der Waals surface area contributed by atoms with Gasteiger partial charge in [0.1, 0.15) is 5.75 Å². The second-order valence-electron chi connectivity index (χ2n) is 6.80. The Hall–Kier alpha value is -3.20. The van der Waals surface area contributed by atoms with E-state index in [1.165, 1.54) is 22.2 Å². The molecule has 3 heteroatoms. The maximum atomic E-state index is 9.70. The summed E-state index contributed by atoms with van der Waals surface area (Å²) in [6.07, 6.45) is 2.10. The molecule has 4 aromatic rings. The van der Waals surface area contributed by atoms with Gasteiger partial charge in [0.15, 0.2) is 0 Å². The number of nitrogens with zero attached hydrogens (tertiary/aromatic N) is 1. The van der Waals surface area contributed by atoms with Crippen molar-refractivity contribution in [3.05, 3.63) is 95.7 Å². The average Bonchev–Trinajstić information content (AvgIpc) is 3.08. The quantitative estimate of drug-likeness (QED) is 0.540. The Bertz CT molecular complexity index is 1010. The van der Waals surface area contributed by atoms with Crippen molar-refractivity contribution in [3.8, 4) is 5.75 Å². The van der Waals surface area contributed by atoms with Crippen molar-refractivity contribution < 1.29 is 5.11 Å². The van der Waals surface area contributed by atoms with Crippen molar-refractivity contribution >= 4 is 16.6 Å². The number of anilines is 1. The molecule has 2 N–H and O–H groups in total. The number of benzene rings is 3. The molecule has 1 atom stereocenters. The Balaban J connectivity index is 1.88. The van der Waals surface area contributed by atoms with Gasteiger partial charge >= 0.3 is 0 Å². The fraction of sp³-hybridized carbons (Fsp3) is 0.130. The number of phenolic OH excluding ortho intramolecular Hbond substituents is 1. The number of aromatic amines is 1. The highest BCUT2D eigenvalue weighted by Crippen LogP contribution is 2.37. The molecule has 0 bridgehead atoms. The molecule has 26 heavy (non-hydrogen) atoms. The van der Waals surface area contributed by atoms with E-state index in [2.05, 4.69) is 58.5 Å². The van der Waals surface area contributed by atoms with Crippen LogP contribution < -0.4 is 4.90 Å². The first-order chi connectivity index (χ1) is 12.6. The average molecular weight is 342 g/mol. The van der Waals surface area contributed by atoms with Gasteiger partial charge in [0, 0.05) is 42.8 Å². The third-order valence-electron chi connectivity index (χ3n) is 4.90. The van der Waals surface area contributed by atoms with Crippen LogP contribution in [0, 0.1) is 0 Å². The molecule has 1 unspecified atom stereocenters. The summed E-state index contributed by atoms with van der Waals surface area (Å²) in [5.41, 5.74) is 5.94. The summed E-state index contributed by atoms with van der Waals surface area (Å²) in [4.78, 5) is 5.49. The number of fused-ring (bicyclic) bond motifs is 1. The number of hydrogen-bond donors (Lipinski definition) is 2. The number of H-pyrrole nitrogens is 1. The van der Waals surface area contributed by atoms with Crippen LogP contribution in [-0.2, 0) is 0 Å². The zero-order chi connectivity index (χ0) is 18.1. The molecule has 1 aromatic heterocycles. The van der Waals surface area contributed by atoms with E-state index in [0.717, 1.165) is 11.1 Å². The van der Waals surface area contributed by atoms with E-state index in [1.807, 2.05) is 32.3 Å². The highest BCUT2D eigenvalue weighted by Gasteiger charge is 2.20. The lowest BCUT2D eigenvalue weighted by Gasteiger charge is -2.20. The van der Waals surface area contributed by atoms with Crippen molar-refractivity contribution in [3.63, 3.8) is 0 Å². The molecule has 3 nitrogen and oxygen atoms in total. The lowest BCUT2D eigenvalue weighted by molar-refractivity contribution is 0.475. The van der Waals surface area contributed by atoms with Crippen molar-refractivity contribution in [2.45, 2.75) is 5.92 Å². The van der Waals surface area contributed by atoms with Gasteiger partial charge in [-0.15, -0.1) is 0 Å². The van der Waals surface area contributed by atoms with Crippen LogP contribution in [-0.4, -0.2) is 24.2 Å². The van der Waals surface area contributed by atoms with Crippen LogP contribution in [0.5, 0.6) is 5.75 Å². The number of rotatable bonds is 4. The van der Waals surface area contributed by atoms with Gasteiger partial charge in [-0.2, -0.15) is 0 Å². The van der Waals surface area contributed by atoms with Gasteiger partial charge in [0.25, 0.3) is 0 Å². The molecule has 0 saturated heterocycles. The van der Waals surface area contributed by atoms with Crippen LogP contribution in [0.4, 0.5) is 5.69 Å². The topological polar surface area (TPSA) is 39.3 Å². The van der Waals surface area contributed by atoms with Crippen molar-refractivity contribution in [1.29, 1.82) is 0 Å². The van der Waals surface area contributed by atoms with Crippen LogP contribution in [0.15, 0.2) is 79.0 Å². The molecule has 130 valence electrons. The third-order valence-corrected chi connectivity index (χ3v) is 4.90. The lowest BCUT2D eigenvalue weighted by Crippen LogP contribution is -2.09. The van der Waals surface area contributed by atoms with E-state index in [0.29, 0.717) is 0 Å². The minimum Gasteiger partial charge on any atom is -0.508 e. The van der Waals surface area contributed by atoms with Gasteiger partial charge in [-0.1, -0.05) is 42.5 Å². The van der Waals surface area contributed by atoms with Crippen LogP contribution >= 0.6 is 0 Å². The molecular weight excluding hydrogens is 320 g/mol. The first-order valence-electron chi connectivity index (χ1n) is 8.76. The van der Waals surface area contributed by atoms with Gasteiger partial charge in [0.2, 0.25) is 0 Å². The summed E-state index contributed by atoms with van der Waals surface area (Å²) in [6.45, 7) is 0. The SMILES string of the molecule is CN(C)c1ccc(C(c2ccc(O)cc2)c2c[nH]c3ccccc23)cc1. The van der Waals surface area contributed by atoms with E-state index in [9.17, 15) is 5.11 Å². The van der Waals surface area contributed by atoms with Crippen molar-refractivity contribution in [1.82, 2.24) is 4.98 Å². The standard InChI is InChI=1S/C23H22N2O/c1-25(2)18-11-7-16(8-12-18)23(17-9-13-19(26)14-10-17)21-15-24-22-6-4-3-5-20(21)22/h3-15,23-24,26H,1-2H3. The van der Waals surface area contributed by atoms with E-state index in [-0.39, 0.29) is 11.7 Å². The summed E-state index contributed by atoms with van der Waals surface area (Å²) in [6, 6.07) is 24.6. The van der Waals surface area contributed by atoms with Crippen molar-refractivity contribution in [2.75, 3.05) is 19.0 Å². The monoisotopic (exact) mass is 342 g/mol. The first kappa shape index (κ1) is 16.3. The molecule has 4 rings (SSSR count). The number of hydrogen-bond acceptors (Lipinski definition) is 2. The molecule has 0 saturated carbocycles. The summed E-state index contributed by atoms with van der Waals surface area (Å²) >= 11 is 0. The number of nitrogens with one attached hydrogen (secondary N) is 1. The van der Waals surface area contributed by atoms with Gasteiger partial charge in [0.05, 0.1) is 0 Å². The summed E-state index contributed by atoms with van der Waals surface area (Å²) in [5, 5.41) is 10.9. The first-order valence-corrected chi connectivity index (χ1v) is 8.76. The highest BCUT2D eigenvalue weighted by atomic mass is 16.3. The zero-order valence-electron chi connectivity index (χ0n) is 15.0. The fourth-order valence-electron chi connectivity index (χ4n) is 3.52. The predicted molar refractivity (Wildman–Crippen MR) is 108 cm³/mol. The van der Waals surface area contributed by atoms with Crippen LogP contribution in [0.25, 0.3) is 10.9 Å². The number of para-hydroxylation sites is 1. The second kappa shape index (κ2) is 6.60. The molecular formula is C23H22N2O. The fourth-order valence-corrected chi connectivity index (χ4v) is 3.52. The molecule has 0 spiro atoms. The molecule has 3 aromatic carbocycles. The Kier molecular flexibility index (Phi) is 4.13. The van der Waals surface area contributed by atoms with Crippen molar-refractivity contribution in [2.24, 2.45) is 0 Å². The van der Waals surface area contributed by atoms with Crippen LogP contribution in [0.3, 0.4) is 0 Å². The summed E-state index contributed by atoms with van der Waals surface area (Å²) in [7, 11) is 4.10. The van der Waals surface area contributed by atoms with Gasteiger partial charge in [-0.3, -0.25) is 0 Å². The van der Waals surface area contributed by atoms with Crippen LogP contribution in [0.2, 0.25) is 0 Å². The third kappa shape index (κ3) is 2.93. The summed E-state index contributed by atoms with van der Waals surface area (Å²) < 4.78 is 0. The Morgan fingerprint density at radius 1 is 0.808 bits per heavy atom. The maximum Gasteiger partial charge on any atom is 0.115 e. The smallest absolute Gasteiger partial charge is 0.115 e. The van der Waals surface area contributed by atoms with E-state index in [1.54, 1.807) is 12.1 Å². The van der Waals surface area contributed by atoms with Gasteiger partial charge in [-0.25, -0.2) is 0 Å². The molecule has 1 heterocycles. The molecule has 0 radical (unpaired) electrons. The van der Waals surface area contributed by atoms with E-state index >= 15 is 0 Å². The molecule has 0 aliphatic rings. The minimum atomic E-state index is 0.1000. The van der Waals surface area contributed by atoms with E-state index < -0.39 is 0 Å². The van der Waals surface area contributed by atoms with Crippen LogP contribution in [0.1, 0.15) is 22.6 Å². The minimum absolute atomic E-state index is 0.1000. The molecule has 0 fully saturated rings. The van der Waals surface area contributed by atoms with E-state index in [4.69, 9.17) is 0 Å². The Morgan fingerprint density at radius 3 is 2.08 bits per heavy atom. The Labute approximate surface area is 153 Å². The number of aromatic hydroxyl groups is 1. The molecule has 0 aliphatic carbocycles. The normalized spacial score (nSPS) is 12.2. The summed E-state index contributed by atoms with van der Waals surface area (Å²) in [5.74, 6) is 0.386. The lowest BCUT2D eigenvalue weighted by atomic mass is 9.85. The van der Waals surface area contributed by atoms with Gasteiger partial charge in [-0.05, 0) is 47.0 Å². The molecule has 0 aliphatic heterocycles. The Morgan fingerprint density at radius 2 is 1.42 bits per heavy atom. The zero-order valence-corrected chi connectivity index (χ0v) is 15.0. The number of aromatic nitrogens is 1. The predicted octanol–water partition coefficient (Wildman–Crippen LogP) is 5.12. The maximum absolute atomic E-state index is 9.70.